The number of aryl methyl sites for hydroxylation is 1. The van der Waals surface area contributed by atoms with Crippen molar-refractivity contribution in [1.82, 2.24) is 0 Å². The van der Waals surface area contributed by atoms with Crippen molar-refractivity contribution in [3.05, 3.63) is 48.0 Å². The first-order valence-corrected chi connectivity index (χ1v) is 14.2. The highest BCUT2D eigenvalue weighted by Gasteiger charge is 2.28. The second kappa shape index (κ2) is 12.5. The largest absolute Gasteiger partial charge is 0.296 e. The lowest BCUT2D eigenvalue weighted by molar-refractivity contribution is 0.467. The van der Waals surface area contributed by atoms with Gasteiger partial charge in [-0.2, -0.15) is 16.8 Å². The van der Waals surface area contributed by atoms with Gasteiger partial charge in [-0.1, -0.05) is 101 Å². The van der Waals surface area contributed by atoms with Crippen molar-refractivity contribution >= 4 is 20.2 Å². The zero-order valence-corrected chi connectivity index (χ0v) is 20.3. The lowest BCUT2D eigenvalue weighted by Gasteiger charge is -2.14. The molecule has 6 nitrogen and oxygen atoms in total. The van der Waals surface area contributed by atoms with Crippen LogP contribution in [0.1, 0.15) is 76.7 Å². The Balaban J connectivity index is 2.10. The Morgan fingerprint density at radius 1 is 0.625 bits per heavy atom. The van der Waals surface area contributed by atoms with Crippen LogP contribution < -0.4 is 0 Å². The van der Waals surface area contributed by atoms with E-state index in [2.05, 4.69) is 6.92 Å². The number of hydrogen-bond acceptors (Lipinski definition) is 4. The van der Waals surface area contributed by atoms with E-state index in [1.54, 1.807) is 12.1 Å². The molecule has 0 saturated carbocycles. The van der Waals surface area contributed by atoms with Gasteiger partial charge in [0.25, 0.3) is 20.2 Å². The summed E-state index contributed by atoms with van der Waals surface area (Å²) < 4.78 is 66.7. The topological polar surface area (TPSA) is 109 Å². The molecule has 0 atom stereocenters. The summed E-state index contributed by atoms with van der Waals surface area (Å²) >= 11 is 0. The molecule has 0 aromatic heterocycles. The minimum absolute atomic E-state index is 0.0605. The van der Waals surface area contributed by atoms with E-state index < -0.39 is 30.0 Å². The van der Waals surface area contributed by atoms with E-state index in [4.69, 9.17) is 0 Å². The van der Waals surface area contributed by atoms with Gasteiger partial charge >= 0.3 is 0 Å². The minimum atomic E-state index is -4.90. The molecule has 0 spiro atoms. The highest BCUT2D eigenvalue weighted by molar-refractivity contribution is 7.89. The third-order valence-corrected chi connectivity index (χ3v) is 7.60. The van der Waals surface area contributed by atoms with E-state index in [9.17, 15) is 25.9 Å². The Hall–Kier alpha value is -1.74. The van der Waals surface area contributed by atoms with Crippen LogP contribution in [-0.2, 0) is 26.7 Å². The second-order valence-corrected chi connectivity index (χ2v) is 10.9. The summed E-state index contributed by atoms with van der Waals surface area (Å²) in [6.07, 6.45) is 12.8. The van der Waals surface area contributed by atoms with E-state index in [0.29, 0.717) is 12.0 Å². The lowest BCUT2D eigenvalue weighted by Crippen LogP contribution is -2.10. The maximum atomic E-state index is 12.0. The first-order chi connectivity index (χ1) is 15.2. The molecule has 0 saturated heterocycles. The summed E-state index contributed by atoms with van der Waals surface area (Å²) in [5.74, 6) is 0. The van der Waals surface area contributed by atoms with Gasteiger partial charge in [0, 0.05) is 5.56 Å². The van der Waals surface area contributed by atoms with Crippen molar-refractivity contribution < 1.29 is 25.9 Å². The standard InChI is InChI=1S/C24H34O6S2/c1-2-3-4-5-6-7-8-9-10-11-15-20-16-12-13-17-21(20)22-18-14-19-23(31(25,26)27)24(22)32(28,29)30/h12-14,16-19H,2-11,15H2,1H3,(H,25,26,27)(H,28,29,30). The maximum Gasteiger partial charge on any atom is 0.296 e. The zero-order valence-electron chi connectivity index (χ0n) is 18.7. The fourth-order valence-electron chi connectivity index (χ4n) is 4.00. The molecule has 0 bridgehead atoms. The molecule has 2 rings (SSSR count). The Labute approximate surface area is 192 Å². The highest BCUT2D eigenvalue weighted by Crippen LogP contribution is 2.35. The maximum absolute atomic E-state index is 12.0. The van der Waals surface area contributed by atoms with Crippen LogP contribution in [0, 0.1) is 0 Å². The van der Waals surface area contributed by atoms with Gasteiger partial charge in [-0.15, -0.1) is 0 Å². The van der Waals surface area contributed by atoms with Gasteiger partial charge in [-0.25, -0.2) is 0 Å². The van der Waals surface area contributed by atoms with Crippen molar-refractivity contribution in [3.8, 4) is 11.1 Å². The van der Waals surface area contributed by atoms with Crippen molar-refractivity contribution in [2.24, 2.45) is 0 Å². The van der Waals surface area contributed by atoms with E-state index >= 15 is 0 Å². The predicted octanol–water partition coefficient (Wildman–Crippen LogP) is 6.31. The molecule has 32 heavy (non-hydrogen) atoms. The summed E-state index contributed by atoms with van der Waals surface area (Å²) in [6.45, 7) is 2.22. The Morgan fingerprint density at radius 2 is 1.16 bits per heavy atom. The molecule has 0 aliphatic carbocycles. The van der Waals surface area contributed by atoms with Crippen LogP contribution in [0.25, 0.3) is 11.1 Å². The van der Waals surface area contributed by atoms with E-state index in [0.717, 1.165) is 30.9 Å². The zero-order chi connectivity index (χ0) is 23.6. The van der Waals surface area contributed by atoms with Crippen LogP contribution in [0.5, 0.6) is 0 Å². The van der Waals surface area contributed by atoms with Gasteiger partial charge in [-0.05, 0) is 30.0 Å². The Morgan fingerprint density at radius 3 is 1.72 bits per heavy atom. The highest BCUT2D eigenvalue weighted by atomic mass is 32.2. The molecule has 0 heterocycles. The fraction of sp³-hybridized carbons (Fsp3) is 0.500. The molecule has 0 aliphatic rings. The molecule has 0 aliphatic heterocycles. The third kappa shape index (κ3) is 7.99. The lowest BCUT2D eigenvalue weighted by atomic mass is 9.95. The van der Waals surface area contributed by atoms with Crippen LogP contribution in [0.3, 0.4) is 0 Å². The monoisotopic (exact) mass is 482 g/mol. The molecule has 2 aromatic rings. The summed E-state index contributed by atoms with van der Waals surface area (Å²) in [6, 6.07) is 10.9. The van der Waals surface area contributed by atoms with Crippen molar-refractivity contribution in [1.29, 1.82) is 0 Å². The second-order valence-electron chi connectivity index (χ2n) is 8.17. The van der Waals surface area contributed by atoms with Gasteiger partial charge in [0.05, 0.1) is 0 Å². The molecule has 2 aromatic carbocycles. The van der Waals surface area contributed by atoms with Crippen LogP contribution in [0.15, 0.2) is 52.3 Å². The van der Waals surface area contributed by atoms with E-state index in [-0.39, 0.29) is 5.56 Å². The SMILES string of the molecule is CCCCCCCCCCCCc1ccccc1-c1cccc(S(=O)(=O)O)c1S(=O)(=O)O. The third-order valence-electron chi connectivity index (χ3n) is 5.62. The van der Waals surface area contributed by atoms with Crippen LogP contribution in [-0.4, -0.2) is 25.9 Å². The normalized spacial score (nSPS) is 12.2. The Kier molecular flexibility index (Phi) is 10.3. The first-order valence-electron chi connectivity index (χ1n) is 11.3. The average molecular weight is 483 g/mol. The number of unbranched alkanes of at least 4 members (excludes halogenated alkanes) is 9. The minimum Gasteiger partial charge on any atom is -0.282 e. The molecule has 0 radical (unpaired) electrons. The smallest absolute Gasteiger partial charge is 0.282 e. The number of rotatable bonds is 14. The number of hydrogen-bond donors (Lipinski definition) is 2. The molecular weight excluding hydrogens is 448 g/mol. The van der Waals surface area contributed by atoms with Crippen LogP contribution in [0.4, 0.5) is 0 Å². The molecule has 0 fully saturated rings. The van der Waals surface area contributed by atoms with Gasteiger partial charge in [0.15, 0.2) is 0 Å². The summed E-state index contributed by atoms with van der Waals surface area (Å²) in [5.41, 5.74) is 1.45. The van der Waals surface area contributed by atoms with Gasteiger partial charge in [0.1, 0.15) is 9.79 Å². The van der Waals surface area contributed by atoms with E-state index in [1.165, 1.54) is 57.1 Å². The van der Waals surface area contributed by atoms with Crippen LogP contribution in [0.2, 0.25) is 0 Å². The quantitative estimate of drug-likeness (QED) is 0.241. The molecule has 0 amide bonds. The molecule has 2 N–H and O–H groups in total. The van der Waals surface area contributed by atoms with Gasteiger partial charge in [-0.3, -0.25) is 9.11 Å². The van der Waals surface area contributed by atoms with Gasteiger partial charge in [0.2, 0.25) is 0 Å². The molecular formula is C24H34O6S2. The van der Waals surface area contributed by atoms with Crippen molar-refractivity contribution in [3.63, 3.8) is 0 Å². The first kappa shape index (κ1) is 26.5. The fourth-order valence-corrected chi connectivity index (χ4v) is 6.01. The summed E-state index contributed by atoms with van der Waals surface area (Å²) in [4.78, 5) is -1.62. The van der Waals surface area contributed by atoms with Crippen molar-refractivity contribution in [2.75, 3.05) is 0 Å². The van der Waals surface area contributed by atoms with Crippen LogP contribution >= 0.6 is 0 Å². The average Bonchev–Trinajstić information content (AvgIpc) is 2.73. The van der Waals surface area contributed by atoms with E-state index in [1.807, 2.05) is 12.1 Å². The molecule has 0 unspecified atom stereocenters. The van der Waals surface area contributed by atoms with Gasteiger partial charge < -0.3 is 0 Å². The predicted molar refractivity (Wildman–Crippen MR) is 127 cm³/mol. The molecule has 8 heteroatoms. The summed E-state index contributed by atoms with van der Waals surface area (Å²) in [5, 5.41) is 0. The Bertz CT molecular complexity index is 1080. The number of benzene rings is 2. The summed E-state index contributed by atoms with van der Waals surface area (Å²) in [7, 11) is -9.73. The van der Waals surface area contributed by atoms with Crippen molar-refractivity contribution in [2.45, 2.75) is 87.3 Å². The molecule has 178 valence electrons.